The molecule has 1 aliphatic heterocycles. The Bertz CT molecular complexity index is 665. The van der Waals surface area contributed by atoms with Crippen LogP contribution >= 0.6 is 11.6 Å². The van der Waals surface area contributed by atoms with E-state index in [0.29, 0.717) is 24.0 Å². The quantitative estimate of drug-likeness (QED) is 0.805. The van der Waals surface area contributed by atoms with Crippen molar-refractivity contribution in [2.45, 2.75) is 51.0 Å². The number of piperazine rings is 1. The van der Waals surface area contributed by atoms with Crippen LogP contribution in [-0.4, -0.2) is 47.9 Å². The van der Waals surface area contributed by atoms with Crippen molar-refractivity contribution in [3.63, 3.8) is 0 Å². The molecule has 1 saturated carbocycles. The van der Waals surface area contributed by atoms with Crippen LogP contribution in [0, 0.1) is 17.2 Å². The van der Waals surface area contributed by atoms with E-state index < -0.39 is 0 Å². The summed E-state index contributed by atoms with van der Waals surface area (Å²) in [5.74, 6) is 0.563. The maximum Gasteiger partial charge on any atom is 0.233 e. The third-order valence-corrected chi connectivity index (χ3v) is 6.27. The summed E-state index contributed by atoms with van der Waals surface area (Å²) >= 11 is 6.05. The van der Waals surface area contributed by atoms with Crippen LogP contribution in [-0.2, 0) is 10.2 Å². The monoisotopic (exact) mass is 373 g/mol. The van der Waals surface area contributed by atoms with E-state index in [1.54, 1.807) is 0 Å². The van der Waals surface area contributed by atoms with Crippen molar-refractivity contribution in [3.05, 3.63) is 34.9 Å². The maximum atomic E-state index is 13.5. The van der Waals surface area contributed by atoms with Crippen molar-refractivity contribution in [1.29, 1.82) is 5.26 Å². The van der Waals surface area contributed by atoms with Gasteiger partial charge in [-0.1, -0.05) is 50.4 Å². The Morgan fingerprint density at radius 2 is 1.69 bits per heavy atom. The normalized spacial score (nSPS) is 21.6. The molecular formula is C21H28ClN3O. The Kier molecular flexibility index (Phi) is 5.89. The summed E-state index contributed by atoms with van der Waals surface area (Å²) in [6.45, 7) is 7.13. The molecule has 1 aliphatic carbocycles. The van der Waals surface area contributed by atoms with Crippen LogP contribution in [0.5, 0.6) is 0 Å². The number of amides is 1. The number of hydrogen-bond acceptors (Lipinski definition) is 3. The van der Waals surface area contributed by atoms with Gasteiger partial charge in [-0.05, 0) is 36.5 Å². The number of nitriles is 1. The van der Waals surface area contributed by atoms with E-state index in [1.807, 2.05) is 29.2 Å². The molecule has 0 spiro atoms. The third-order valence-electron chi connectivity index (χ3n) is 6.02. The molecule has 1 atom stereocenters. The first kappa shape index (κ1) is 19.2. The highest BCUT2D eigenvalue weighted by Gasteiger charge is 2.45. The second kappa shape index (κ2) is 7.98. The minimum atomic E-state index is -0.389. The summed E-state index contributed by atoms with van der Waals surface area (Å²) in [4.78, 5) is 17.7. The topological polar surface area (TPSA) is 47.3 Å². The molecule has 4 nitrogen and oxygen atoms in total. The molecule has 1 unspecified atom stereocenters. The molecule has 140 valence electrons. The van der Waals surface area contributed by atoms with Gasteiger partial charge in [0.05, 0.1) is 11.5 Å². The molecule has 1 amide bonds. The lowest BCUT2D eigenvalue weighted by Crippen LogP contribution is -2.56. The summed E-state index contributed by atoms with van der Waals surface area (Å²) in [5, 5.41) is 10.1. The summed E-state index contributed by atoms with van der Waals surface area (Å²) in [7, 11) is 0. The smallest absolute Gasteiger partial charge is 0.233 e. The molecule has 1 saturated heterocycles. The highest BCUT2D eigenvalue weighted by molar-refractivity contribution is 6.30. The van der Waals surface area contributed by atoms with Gasteiger partial charge in [-0.25, -0.2) is 0 Å². The number of hydrogen-bond donors (Lipinski definition) is 0. The fraction of sp³-hybridized carbons (Fsp3) is 0.619. The second-order valence-corrected chi connectivity index (χ2v) is 8.38. The van der Waals surface area contributed by atoms with Crippen LogP contribution < -0.4 is 0 Å². The molecule has 2 fully saturated rings. The largest absolute Gasteiger partial charge is 0.339 e. The van der Waals surface area contributed by atoms with Crippen LogP contribution in [0.15, 0.2) is 24.3 Å². The number of rotatable bonds is 4. The maximum absolute atomic E-state index is 13.5. The van der Waals surface area contributed by atoms with E-state index in [0.717, 1.165) is 44.3 Å². The first-order valence-electron chi connectivity index (χ1n) is 9.67. The lowest BCUT2D eigenvalue weighted by molar-refractivity contribution is -0.139. The first-order valence-corrected chi connectivity index (χ1v) is 10.0. The van der Waals surface area contributed by atoms with E-state index >= 15 is 0 Å². The molecule has 1 aromatic carbocycles. The van der Waals surface area contributed by atoms with Crippen molar-refractivity contribution >= 4 is 17.5 Å². The Morgan fingerprint density at radius 1 is 1.12 bits per heavy atom. The molecule has 0 aromatic heterocycles. The highest BCUT2D eigenvalue weighted by atomic mass is 35.5. The van der Waals surface area contributed by atoms with Crippen molar-refractivity contribution in [2.24, 2.45) is 5.92 Å². The molecule has 26 heavy (non-hydrogen) atoms. The lowest BCUT2D eigenvalue weighted by Gasteiger charge is -2.41. The molecule has 1 aromatic rings. The SMILES string of the molecule is CC(C)C(C#N)N1CCN(C(=O)C2(c3ccc(Cl)cc3)CCCC2)CC1. The Hall–Kier alpha value is -1.57. The van der Waals surface area contributed by atoms with Crippen LogP contribution in [0.25, 0.3) is 0 Å². The standard InChI is InChI=1S/C21H28ClN3O/c1-16(2)19(15-23)24-11-13-25(14-12-24)20(26)21(9-3-4-10-21)17-5-7-18(22)8-6-17/h5-8,16,19H,3-4,9-14H2,1-2H3. The Labute approximate surface area is 161 Å². The van der Waals surface area contributed by atoms with E-state index in [4.69, 9.17) is 11.6 Å². The average Bonchev–Trinajstić information content (AvgIpc) is 3.13. The van der Waals surface area contributed by atoms with Crippen molar-refractivity contribution in [3.8, 4) is 6.07 Å². The van der Waals surface area contributed by atoms with E-state index in [1.165, 1.54) is 0 Å². The van der Waals surface area contributed by atoms with E-state index in [2.05, 4.69) is 24.8 Å². The van der Waals surface area contributed by atoms with E-state index in [9.17, 15) is 10.1 Å². The summed E-state index contributed by atoms with van der Waals surface area (Å²) in [6.07, 6.45) is 4.03. The first-order chi connectivity index (χ1) is 12.5. The number of benzene rings is 1. The van der Waals surface area contributed by atoms with Gasteiger partial charge in [-0.2, -0.15) is 5.26 Å². The van der Waals surface area contributed by atoms with Crippen molar-refractivity contribution in [2.75, 3.05) is 26.2 Å². The minimum absolute atomic E-state index is 0.0658. The summed E-state index contributed by atoms with van der Waals surface area (Å²) in [6, 6.07) is 10.2. The predicted octanol–water partition coefficient (Wildman–Crippen LogP) is 3.84. The molecular weight excluding hydrogens is 346 g/mol. The van der Waals surface area contributed by atoms with Crippen LogP contribution in [0.1, 0.15) is 45.1 Å². The van der Waals surface area contributed by atoms with Gasteiger partial charge < -0.3 is 4.90 Å². The number of nitrogens with zero attached hydrogens (tertiary/aromatic N) is 3. The van der Waals surface area contributed by atoms with Gasteiger partial charge in [0, 0.05) is 31.2 Å². The number of carbonyl (C=O) groups excluding carboxylic acids is 1. The number of halogens is 1. The van der Waals surface area contributed by atoms with E-state index in [-0.39, 0.29) is 17.4 Å². The van der Waals surface area contributed by atoms with Gasteiger partial charge >= 0.3 is 0 Å². The third kappa shape index (κ3) is 3.61. The molecule has 1 heterocycles. The van der Waals surface area contributed by atoms with Gasteiger partial charge in [0.15, 0.2) is 0 Å². The zero-order valence-corrected chi connectivity index (χ0v) is 16.5. The average molecular weight is 374 g/mol. The van der Waals surface area contributed by atoms with Gasteiger partial charge in [-0.3, -0.25) is 9.69 Å². The summed E-state index contributed by atoms with van der Waals surface area (Å²) < 4.78 is 0. The zero-order chi connectivity index (χ0) is 18.7. The zero-order valence-electron chi connectivity index (χ0n) is 15.7. The van der Waals surface area contributed by atoms with Gasteiger partial charge in [0.25, 0.3) is 0 Å². The minimum Gasteiger partial charge on any atom is -0.339 e. The molecule has 0 bridgehead atoms. The van der Waals surface area contributed by atoms with Crippen LogP contribution in [0.3, 0.4) is 0 Å². The predicted molar refractivity (Wildman–Crippen MR) is 104 cm³/mol. The van der Waals surface area contributed by atoms with Crippen molar-refractivity contribution in [1.82, 2.24) is 9.80 Å². The molecule has 5 heteroatoms. The summed E-state index contributed by atoms with van der Waals surface area (Å²) in [5.41, 5.74) is 0.711. The highest BCUT2D eigenvalue weighted by Crippen LogP contribution is 2.43. The van der Waals surface area contributed by atoms with Gasteiger partial charge in [0.1, 0.15) is 6.04 Å². The molecule has 3 rings (SSSR count). The van der Waals surface area contributed by atoms with Gasteiger partial charge in [-0.15, -0.1) is 0 Å². The number of carbonyl (C=O) groups is 1. The molecule has 2 aliphatic rings. The fourth-order valence-electron chi connectivity index (χ4n) is 4.53. The Balaban J connectivity index is 1.74. The fourth-order valence-corrected chi connectivity index (χ4v) is 4.66. The molecule has 0 radical (unpaired) electrons. The lowest BCUT2D eigenvalue weighted by atomic mass is 9.77. The Morgan fingerprint density at radius 3 is 2.19 bits per heavy atom. The van der Waals surface area contributed by atoms with Gasteiger partial charge in [0.2, 0.25) is 5.91 Å². The second-order valence-electron chi connectivity index (χ2n) is 7.94. The van der Waals surface area contributed by atoms with Crippen LogP contribution in [0.4, 0.5) is 0 Å². The molecule has 0 N–H and O–H groups in total. The van der Waals surface area contributed by atoms with Crippen molar-refractivity contribution < 1.29 is 4.79 Å². The van der Waals surface area contributed by atoms with Crippen LogP contribution in [0.2, 0.25) is 5.02 Å².